The van der Waals surface area contributed by atoms with Gasteiger partial charge in [0.1, 0.15) is 0 Å². The first-order valence-electron chi connectivity index (χ1n) is 8.72. The maximum absolute atomic E-state index is 13.1. The molecule has 0 aliphatic carbocycles. The zero-order valence-corrected chi connectivity index (χ0v) is 15.9. The van der Waals surface area contributed by atoms with Crippen LogP contribution in [0.25, 0.3) is 0 Å². The quantitative estimate of drug-likeness (QED) is 0.551. The van der Waals surface area contributed by atoms with Gasteiger partial charge < -0.3 is 15.0 Å². The van der Waals surface area contributed by atoms with Gasteiger partial charge in [0, 0.05) is 18.8 Å². The molecule has 9 heteroatoms. The number of carbonyl (C=O) groups excluding carboxylic acids is 2. The second-order valence-electron chi connectivity index (χ2n) is 6.20. The molecule has 0 radical (unpaired) electrons. The van der Waals surface area contributed by atoms with Crippen LogP contribution in [-0.4, -0.2) is 43.6 Å². The molecule has 0 unspecified atom stereocenters. The molecular formula is C18H23F3N2O3S. The maximum atomic E-state index is 13.1. The lowest BCUT2D eigenvalue weighted by Crippen LogP contribution is -2.30. The molecule has 0 atom stereocenters. The Bertz CT molecular complexity index is 662. The number of piperidine rings is 1. The van der Waals surface area contributed by atoms with Crippen molar-refractivity contribution >= 4 is 35.0 Å². The Labute approximate surface area is 160 Å². The van der Waals surface area contributed by atoms with Crippen LogP contribution in [0.1, 0.15) is 31.2 Å². The third-order valence-corrected chi connectivity index (χ3v) is 5.17. The molecule has 1 amide bonds. The van der Waals surface area contributed by atoms with E-state index in [1.165, 1.54) is 24.9 Å². The van der Waals surface area contributed by atoms with Gasteiger partial charge in [0.25, 0.3) is 0 Å². The van der Waals surface area contributed by atoms with Crippen LogP contribution in [0.2, 0.25) is 0 Å². The summed E-state index contributed by atoms with van der Waals surface area (Å²) < 4.78 is 43.7. The second-order valence-corrected chi connectivity index (χ2v) is 7.31. The molecule has 1 saturated heterocycles. The molecule has 150 valence electrons. The van der Waals surface area contributed by atoms with Crippen molar-refractivity contribution < 1.29 is 27.5 Å². The van der Waals surface area contributed by atoms with Crippen molar-refractivity contribution in [3.63, 3.8) is 0 Å². The van der Waals surface area contributed by atoms with Gasteiger partial charge in [0.15, 0.2) is 0 Å². The smallest absolute Gasteiger partial charge is 0.416 e. The van der Waals surface area contributed by atoms with E-state index in [-0.39, 0.29) is 23.8 Å². The number of nitrogens with zero attached hydrogens (tertiary/aromatic N) is 1. The van der Waals surface area contributed by atoms with E-state index in [1.54, 1.807) is 0 Å². The van der Waals surface area contributed by atoms with Crippen molar-refractivity contribution in [2.24, 2.45) is 0 Å². The SMILES string of the molecule is COC(=O)CCSCC(=O)Nc1cc(C(F)(F)F)ccc1N1CCCCC1. The molecule has 0 bridgehead atoms. The molecular weight excluding hydrogens is 381 g/mol. The van der Waals surface area contributed by atoms with Crippen molar-refractivity contribution in [1.82, 2.24) is 0 Å². The predicted molar refractivity (Wildman–Crippen MR) is 100 cm³/mol. The standard InChI is InChI=1S/C18H23F3N2O3S/c1-26-17(25)7-10-27-12-16(24)22-14-11-13(18(19,20)21)5-6-15(14)23-8-3-2-4-9-23/h5-6,11H,2-4,7-10,12H2,1H3,(H,22,24). The number of amides is 1. The van der Waals surface area contributed by atoms with E-state index in [4.69, 9.17) is 0 Å². The molecule has 0 aromatic heterocycles. The minimum Gasteiger partial charge on any atom is -0.469 e. The van der Waals surface area contributed by atoms with Crippen LogP contribution < -0.4 is 10.2 Å². The van der Waals surface area contributed by atoms with Crippen molar-refractivity contribution in [3.8, 4) is 0 Å². The Balaban J connectivity index is 2.07. The molecule has 0 spiro atoms. The summed E-state index contributed by atoms with van der Waals surface area (Å²) in [6, 6.07) is 3.46. The maximum Gasteiger partial charge on any atom is 0.416 e. The summed E-state index contributed by atoms with van der Waals surface area (Å²) in [5.41, 5.74) is -0.0159. The fourth-order valence-electron chi connectivity index (χ4n) is 2.83. The molecule has 1 fully saturated rings. The van der Waals surface area contributed by atoms with Crippen LogP contribution in [0.5, 0.6) is 0 Å². The van der Waals surface area contributed by atoms with E-state index < -0.39 is 17.6 Å². The van der Waals surface area contributed by atoms with Gasteiger partial charge in [0.2, 0.25) is 5.91 Å². The first kappa shape index (κ1) is 21.4. The first-order chi connectivity index (χ1) is 12.8. The van der Waals surface area contributed by atoms with E-state index in [0.717, 1.165) is 44.5 Å². The summed E-state index contributed by atoms with van der Waals surface area (Å²) in [6.07, 6.45) is -1.27. The highest BCUT2D eigenvalue weighted by Gasteiger charge is 2.31. The average molecular weight is 404 g/mol. The normalized spacial score (nSPS) is 14.7. The van der Waals surface area contributed by atoms with Crippen molar-refractivity contribution in [2.75, 3.05) is 41.9 Å². The van der Waals surface area contributed by atoms with Crippen LogP contribution in [0.3, 0.4) is 0 Å². The van der Waals surface area contributed by atoms with Gasteiger partial charge in [-0.2, -0.15) is 24.9 Å². The number of nitrogens with one attached hydrogen (secondary N) is 1. The third kappa shape index (κ3) is 6.64. The monoisotopic (exact) mass is 404 g/mol. The van der Waals surface area contributed by atoms with Crippen LogP contribution in [0, 0.1) is 0 Å². The largest absolute Gasteiger partial charge is 0.469 e. The van der Waals surface area contributed by atoms with Gasteiger partial charge in [-0.15, -0.1) is 0 Å². The highest BCUT2D eigenvalue weighted by atomic mass is 32.2. The Morgan fingerprint density at radius 3 is 2.56 bits per heavy atom. The fourth-order valence-corrected chi connectivity index (χ4v) is 3.54. The molecule has 27 heavy (non-hydrogen) atoms. The molecule has 1 N–H and O–H groups in total. The Hall–Kier alpha value is -1.90. The lowest BCUT2D eigenvalue weighted by Gasteiger charge is -2.31. The van der Waals surface area contributed by atoms with Gasteiger partial charge in [-0.1, -0.05) is 0 Å². The number of benzene rings is 1. The van der Waals surface area contributed by atoms with Gasteiger partial charge in [0.05, 0.1) is 36.2 Å². The van der Waals surface area contributed by atoms with E-state index in [9.17, 15) is 22.8 Å². The van der Waals surface area contributed by atoms with Gasteiger partial charge in [-0.05, 0) is 37.5 Å². The second kappa shape index (κ2) is 9.87. The van der Waals surface area contributed by atoms with E-state index >= 15 is 0 Å². The number of halogens is 3. The summed E-state index contributed by atoms with van der Waals surface area (Å²) >= 11 is 1.23. The number of thioether (sulfide) groups is 1. The van der Waals surface area contributed by atoms with Crippen molar-refractivity contribution in [1.29, 1.82) is 0 Å². The minimum atomic E-state index is -4.48. The molecule has 1 aromatic rings. The Morgan fingerprint density at radius 2 is 1.93 bits per heavy atom. The summed E-state index contributed by atoms with van der Waals surface area (Å²) in [7, 11) is 1.29. The average Bonchev–Trinajstić information content (AvgIpc) is 2.65. The summed E-state index contributed by atoms with van der Waals surface area (Å²) in [5.74, 6) is -0.315. The molecule has 5 nitrogen and oxygen atoms in total. The molecule has 1 heterocycles. The van der Waals surface area contributed by atoms with Crippen LogP contribution in [-0.2, 0) is 20.5 Å². The summed E-state index contributed by atoms with van der Waals surface area (Å²) in [5, 5.41) is 2.60. The summed E-state index contributed by atoms with van der Waals surface area (Å²) in [4.78, 5) is 25.2. The third-order valence-electron chi connectivity index (χ3n) is 4.21. The molecule has 0 saturated carbocycles. The number of rotatable bonds is 7. The number of ether oxygens (including phenoxy) is 1. The Kier molecular flexibility index (Phi) is 7.82. The van der Waals surface area contributed by atoms with Gasteiger partial charge >= 0.3 is 12.1 Å². The van der Waals surface area contributed by atoms with E-state index in [2.05, 4.69) is 10.1 Å². The predicted octanol–water partition coefficient (Wildman–Crippen LogP) is 3.93. The van der Waals surface area contributed by atoms with E-state index in [0.29, 0.717) is 11.4 Å². The molecule has 2 rings (SSSR count). The number of esters is 1. The zero-order chi connectivity index (χ0) is 19.9. The Morgan fingerprint density at radius 1 is 1.22 bits per heavy atom. The van der Waals surface area contributed by atoms with Crippen LogP contribution >= 0.6 is 11.8 Å². The number of methoxy groups -OCH3 is 1. The number of alkyl halides is 3. The number of carbonyl (C=O) groups is 2. The number of hydrogen-bond donors (Lipinski definition) is 1. The van der Waals surface area contributed by atoms with Gasteiger partial charge in [-0.3, -0.25) is 9.59 Å². The van der Waals surface area contributed by atoms with E-state index in [1.807, 2.05) is 4.90 Å². The van der Waals surface area contributed by atoms with Gasteiger partial charge in [-0.25, -0.2) is 0 Å². The topological polar surface area (TPSA) is 58.6 Å². The zero-order valence-electron chi connectivity index (χ0n) is 15.1. The van der Waals surface area contributed by atoms with Crippen LogP contribution in [0.4, 0.5) is 24.5 Å². The molecule has 1 aromatic carbocycles. The van der Waals surface area contributed by atoms with Crippen molar-refractivity contribution in [2.45, 2.75) is 31.9 Å². The molecule has 1 aliphatic rings. The fraction of sp³-hybridized carbons (Fsp3) is 0.556. The minimum absolute atomic E-state index is 0.0483. The number of anilines is 2. The highest BCUT2D eigenvalue weighted by Crippen LogP contribution is 2.36. The molecule has 1 aliphatic heterocycles. The highest BCUT2D eigenvalue weighted by molar-refractivity contribution is 7.99. The summed E-state index contributed by atoms with van der Waals surface area (Å²) in [6.45, 7) is 1.50. The van der Waals surface area contributed by atoms with Crippen LogP contribution in [0.15, 0.2) is 18.2 Å². The lowest BCUT2D eigenvalue weighted by atomic mass is 10.1. The van der Waals surface area contributed by atoms with Crippen molar-refractivity contribution in [3.05, 3.63) is 23.8 Å². The first-order valence-corrected chi connectivity index (χ1v) is 9.87. The lowest BCUT2D eigenvalue weighted by molar-refractivity contribution is -0.140. The number of hydrogen-bond acceptors (Lipinski definition) is 5.